The average molecular weight is 432 g/mol. The molecule has 4 rings (SSSR count). The second-order valence-corrected chi connectivity index (χ2v) is 9.05. The van der Waals surface area contributed by atoms with Crippen molar-refractivity contribution in [2.75, 3.05) is 6.54 Å². The Morgan fingerprint density at radius 1 is 1.12 bits per heavy atom. The summed E-state index contributed by atoms with van der Waals surface area (Å²) in [4.78, 5) is 23.2. The summed E-state index contributed by atoms with van der Waals surface area (Å²) in [6, 6.07) is 19.5. The molecule has 3 aromatic rings. The monoisotopic (exact) mass is 431 g/mol. The maximum absolute atomic E-state index is 13.2. The normalized spacial score (nSPS) is 20.0. The lowest BCUT2D eigenvalue weighted by molar-refractivity contribution is -0.101. The SMILES string of the molecule is C[C@@H](c1ccc(-c2ccncn2)cc1)N1CC[C@](CC(C)(C)O)(c2ccccc2)OC1=O. The van der Waals surface area contributed by atoms with Gasteiger partial charge >= 0.3 is 6.09 Å². The molecular formula is C26H29N3O3. The number of aliphatic hydroxyl groups is 1. The van der Waals surface area contributed by atoms with Crippen LogP contribution in [0.1, 0.15) is 50.8 Å². The minimum absolute atomic E-state index is 0.141. The van der Waals surface area contributed by atoms with E-state index in [1.54, 1.807) is 24.9 Å². The van der Waals surface area contributed by atoms with Gasteiger partial charge < -0.3 is 14.7 Å². The maximum Gasteiger partial charge on any atom is 0.411 e. The molecule has 1 saturated heterocycles. The molecule has 1 aliphatic rings. The number of carbonyl (C=O) groups excluding carboxylic acids is 1. The van der Waals surface area contributed by atoms with Crippen molar-refractivity contribution < 1.29 is 14.6 Å². The zero-order valence-corrected chi connectivity index (χ0v) is 18.7. The Labute approximate surface area is 188 Å². The molecule has 6 nitrogen and oxygen atoms in total. The standard InChI is InChI=1S/C26H29N3O3/c1-19(20-9-11-21(12-10-20)23-13-15-27-18-28-23)29-16-14-26(32-24(29)30,17-25(2,3)31)22-7-5-4-6-8-22/h4-13,15,18-19,31H,14,16-17H2,1-3H3/t19-,26-/m0/s1. The van der Waals surface area contributed by atoms with Crippen LogP contribution in [0.15, 0.2) is 73.2 Å². The summed E-state index contributed by atoms with van der Waals surface area (Å²) in [6.45, 7) is 6.05. The Kier molecular flexibility index (Phi) is 5.98. The fourth-order valence-electron chi connectivity index (χ4n) is 4.47. The van der Waals surface area contributed by atoms with Crippen LogP contribution in [0.2, 0.25) is 0 Å². The molecular weight excluding hydrogens is 402 g/mol. The molecule has 0 unspecified atom stereocenters. The van der Waals surface area contributed by atoms with Crippen LogP contribution in [0, 0.1) is 0 Å². The molecule has 0 saturated carbocycles. The van der Waals surface area contributed by atoms with Gasteiger partial charge in [-0.3, -0.25) is 0 Å². The van der Waals surface area contributed by atoms with Crippen LogP contribution in [0.25, 0.3) is 11.3 Å². The van der Waals surface area contributed by atoms with Gasteiger partial charge in [-0.05, 0) is 38.0 Å². The van der Waals surface area contributed by atoms with Crippen molar-refractivity contribution in [3.8, 4) is 11.3 Å². The van der Waals surface area contributed by atoms with E-state index in [1.807, 2.05) is 67.6 Å². The van der Waals surface area contributed by atoms with E-state index < -0.39 is 11.2 Å². The molecule has 2 heterocycles. The van der Waals surface area contributed by atoms with Crippen molar-refractivity contribution in [2.45, 2.75) is 50.9 Å². The van der Waals surface area contributed by atoms with Gasteiger partial charge in [0.05, 0.1) is 17.3 Å². The van der Waals surface area contributed by atoms with E-state index >= 15 is 0 Å². The number of hydrogen-bond acceptors (Lipinski definition) is 5. The van der Waals surface area contributed by atoms with Gasteiger partial charge in [0.25, 0.3) is 0 Å². The highest BCUT2D eigenvalue weighted by Gasteiger charge is 2.46. The lowest BCUT2D eigenvalue weighted by Crippen LogP contribution is -2.51. The largest absolute Gasteiger partial charge is 0.438 e. The van der Waals surface area contributed by atoms with E-state index in [4.69, 9.17) is 4.74 Å². The molecule has 1 fully saturated rings. The van der Waals surface area contributed by atoms with E-state index in [9.17, 15) is 9.90 Å². The molecule has 0 spiro atoms. The predicted octanol–water partition coefficient (Wildman–Crippen LogP) is 5.10. The molecule has 1 amide bonds. The number of rotatable bonds is 6. The number of aromatic nitrogens is 2. The van der Waals surface area contributed by atoms with Crippen LogP contribution in [-0.2, 0) is 10.3 Å². The number of carbonyl (C=O) groups is 1. The van der Waals surface area contributed by atoms with Gasteiger partial charge in [-0.1, -0.05) is 54.6 Å². The summed E-state index contributed by atoms with van der Waals surface area (Å²) in [5, 5.41) is 10.5. The molecule has 2 aromatic carbocycles. The fraction of sp³-hybridized carbons (Fsp3) is 0.346. The minimum atomic E-state index is -0.971. The van der Waals surface area contributed by atoms with Gasteiger partial charge in [-0.2, -0.15) is 0 Å². The van der Waals surface area contributed by atoms with Gasteiger partial charge in [0.2, 0.25) is 0 Å². The summed E-state index contributed by atoms with van der Waals surface area (Å²) in [6.07, 6.45) is 3.83. The van der Waals surface area contributed by atoms with E-state index in [0.717, 1.165) is 22.4 Å². The van der Waals surface area contributed by atoms with Gasteiger partial charge in [0, 0.05) is 31.1 Å². The third kappa shape index (κ3) is 4.65. The van der Waals surface area contributed by atoms with Crippen molar-refractivity contribution in [2.24, 2.45) is 0 Å². The lowest BCUT2D eigenvalue weighted by Gasteiger charge is -2.45. The van der Waals surface area contributed by atoms with E-state index in [0.29, 0.717) is 19.4 Å². The van der Waals surface area contributed by atoms with E-state index in [2.05, 4.69) is 9.97 Å². The summed E-state index contributed by atoms with van der Waals surface area (Å²) < 4.78 is 6.09. The van der Waals surface area contributed by atoms with Gasteiger partial charge in [0.15, 0.2) is 0 Å². The van der Waals surface area contributed by atoms with Gasteiger partial charge in [0.1, 0.15) is 11.9 Å². The minimum Gasteiger partial charge on any atom is -0.438 e. The summed E-state index contributed by atoms with van der Waals surface area (Å²) >= 11 is 0. The topological polar surface area (TPSA) is 75.6 Å². The van der Waals surface area contributed by atoms with Crippen molar-refractivity contribution in [1.29, 1.82) is 0 Å². The highest BCUT2D eigenvalue weighted by Crippen LogP contribution is 2.42. The Morgan fingerprint density at radius 2 is 1.84 bits per heavy atom. The Bertz CT molecular complexity index is 1050. The molecule has 1 aromatic heterocycles. The molecule has 32 heavy (non-hydrogen) atoms. The van der Waals surface area contributed by atoms with Crippen LogP contribution in [0.3, 0.4) is 0 Å². The number of ether oxygens (including phenoxy) is 1. The first-order valence-electron chi connectivity index (χ1n) is 10.9. The first-order valence-corrected chi connectivity index (χ1v) is 10.9. The average Bonchev–Trinajstić information content (AvgIpc) is 2.79. The van der Waals surface area contributed by atoms with Crippen molar-refractivity contribution in [3.05, 3.63) is 84.3 Å². The highest BCUT2D eigenvalue weighted by molar-refractivity contribution is 5.70. The molecule has 6 heteroatoms. The third-order valence-electron chi connectivity index (χ3n) is 6.03. The summed E-state index contributed by atoms with van der Waals surface area (Å²) in [7, 11) is 0. The Hall–Kier alpha value is -3.25. The number of nitrogens with zero attached hydrogens (tertiary/aromatic N) is 3. The fourth-order valence-corrected chi connectivity index (χ4v) is 4.47. The van der Waals surface area contributed by atoms with Crippen molar-refractivity contribution in [1.82, 2.24) is 14.9 Å². The predicted molar refractivity (Wildman–Crippen MR) is 123 cm³/mol. The number of amides is 1. The number of hydrogen-bond donors (Lipinski definition) is 1. The quantitative estimate of drug-likeness (QED) is 0.587. The summed E-state index contributed by atoms with van der Waals surface area (Å²) in [5.41, 5.74) is 1.98. The zero-order valence-electron chi connectivity index (χ0n) is 18.7. The smallest absolute Gasteiger partial charge is 0.411 e. The first-order chi connectivity index (χ1) is 15.3. The van der Waals surface area contributed by atoms with Gasteiger partial charge in [-0.25, -0.2) is 14.8 Å². The molecule has 0 radical (unpaired) electrons. The number of benzene rings is 2. The van der Waals surface area contributed by atoms with Crippen molar-refractivity contribution >= 4 is 6.09 Å². The lowest BCUT2D eigenvalue weighted by atomic mass is 9.80. The highest BCUT2D eigenvalue weighted by atomic mass is 16.6. The van der Waals surface area contributed by atoms with Crippen LogP contribution in [0.4, 0.5) is 4.79 Å². The van der Waals surface area contributed by atoms with E-state index in [1.165, 1.54) is 6.33 Å². The first kappa shape index (κ1) is 22.0. The van der Waals surface area contributed by atoms with Gasteiger partial charge in [-0.15, -0.1) is 0 Å². The van der Waals surface area contributed by atoms with Crippen LogP contribution in [0.5, 0.6) is 0 Å². The van der Waals surface area contributed by atoms with Crippen LogP contribution >= 0.6 is 0 Å². The maximum atomic E-state index is 13.2. The third-order valence-corrected chi connectivity index (χ3v) is 6.03. The molecule has 2 atom stereocenters. The second-order valence-electron chi connectivity index (χ2n) is 9.05. The molecule has 1 aliphatic heterocycles. The molecule has 166 valence electrons. The Morgan fingerprint density at radius 3 is 2.44 bits per heavy atom. The molecule has 1 N–H and O–H groups in total. The van der Waals surface area contributed by atoms with E-state index in [-0.39, 0.29) is 12.1 Å². The molecule has 0 bridgehead atoms. The van der Waals surface area contributed by atoms with Crippen LogP contribution in [-0.4, -0.2) is 38.2 Å². The zero-order chi connectivity index (χ0) is 22.8. The Balaban J connectivity index is 1.54. The van der Waals surface area contributed by atoms with Crippen LogP contribution < -0.4 is 0 Å². The summed E-state index contributed by atoms with van der Waals surface area (Å²) in [5.74, 6) is 0. The van der Waals surface area contributed by atoms with Crippen molar-refractivity contribution in [3.63, 3.8) is 0 Å². The number of cyclic esters (lactones) is 1. The second kappa shape index (κ2) is 8.71. The molecule has 0 aliphatic carbocycles.